The molecule has 2 aromatic carbocycles. The molecule has 2 amide bonds. The van der Waals surface area contributed by atoms with E-state index in [-0.39, 0.29) is 16.9 Å². The molecule has 0 bridgehead atoms. The second-order valence-electron chi connectivity index (χ2n) is 5.61. The van der Waals surface area contributed by atoms with Gasteiger partial charge in [-0.05, 0) is 42.7 Å². The number of carbonyl (C=O) groups excluding carboxylic acids is 2. The first kappa shape index (κ1) is 20.4. The molecular formula is C18H18FN3O4S. The molecule has 1 unspecified atom stereocenters. The second-order valence-corrected chi connectivity index (χ2v) is 6.60. The van der Waals surface area contributed by atoms with E-state index in [1.165, 1.54) is 54.2 Å². The molecule has 1 atom stereocenters. The number of nitro benzene ring substituents is 1. The van der Waals surface area contributed by atoms with Crippen LogP contribution in [0.25, 0.3) is 0 Å². The summed E-state index contributed by atoms with van der Waals surface area (Å²) in [6.07, 6.45) is 2.22. The predicted molar refractivity (Wildman–Crippen MR) is 102 cm³/mol. The number of non-ortho nitro benzene ring substituents is 1. The zero-order chi connectivity index (χ0) is 19.8. The summed E-state index contributed by atoms with van der Waals surface area (Å²) in [5, 5.41) is 16.0. The minimum atomic E-state index is -0.868. The van der Waals surface area contributed by atoms with Crippen LogP contribution in [0, 0.1) is 15.9 Å². The molecule has 142 valence electrons. The van der Waals surface area contributed by atoms with Crippen LogP contribution in [0.5, 0.6) is 0 Å². The molecule has 0 aliphatic carbocycles. The number of nitrogens with zero attached hydrogens (tertiary/aromatic N) is 1. The Balaban J connectivity index is 2.13. The van der Waals surface area contributed by atoms with Gasteiger partial charge in [-0.3, -0.25) is 19.7 Å². The standard InChI is InChI=1S/C18H18FN3O4S/c1-27-9-8-16(18(24)20-14-6-3-5-13(19)11-14)21-17(23)12-4-2-7-15(10-12)22(25)26/h2-7,10-11,16H,8-9H2,1H3,(H,20,24)(H,21,23). The van der Waals surface area contributed by atoms with Crippen LogP contribution in [-0.2, 0) is 4.79 Å². The Morgan fingerprint density at radius 3 is 2.63 bits per heavy atom. The Hall–Kier alpha value is -2.94. The topological polar surface area (TPSA) is 101 Å². The molecule has 0 heterocycles. The third kappa shape index (κ3) is 6.07. The second kappa shape index (κ2) is 9.67. The molecule has 27 heavy (non-hydrogen) atoms. The molecule has 0 spiro atoms. The van der Waals surface area contributed by atoms with E-state index in [1.54, 1.807) is 0 Å². The number of halogens is 1. The maximum atomic E-state index is 13.3. The lowest BCUT2D eigenvalue weighted by atomic mass is 10.1. The normalized spacial score (nSPS) is 11.5. The van der Waals surface area contributed by atoms with Crippen LogP contribution < -0.4 is 10.6 Å². The number of nitrogens with one attached hydrogen (secondary N) is 2. The highest BCUT2D eigenvalue weighted by molar-refractivity contribution is 7.98. The lowest BCUT2D eigenvalue weighted by Gasteiger charge is -2.18. The highest BCUT2D eigenvalue weighted by Crippen LogP contribution is 2.14. The fraction of sp³-hybridized carbons (Fsp3) is 0.222. The molecule has 0 saturated carbocycles. The van der Waals surface area contributed by atoms with Crippen LogP contribution in [0.3, 0.4) is 0 Å². The SMILES string of the molecule is CSCCC(NC(=O)c1cccc([N+](=O)[O-])c1)C(=O)Nc1cccc(F)c1. The van der Waals surface area contributed by atoms with Crippen molar-refractivity contribution in [3.8, 4) is 0 Å². The van der Waals surface area contributed by atoms with Gasteiger partial charge < -0.3 is 10.6 Å². The van der Waals surface area contributed by atoms with E-state index in [4.69, 9.17) is 0 Å². The number of carbonyl (C=O) groups is 2. The summed E-state index contributed by atoms with van der Waals surface area (Å²) < 4.78 is 13.3. The number of thioether (sulfide) groups is 1. The van der Waals surface area contributed by atoms with Crippen molar-refractivity contribution < 1.29 is 18.9 Å². The van der Waals surface area contributed by atoms with Gasteiger partial charge in [0.25, 0.3) is 11.6 Å². The molecule has 9 heteroatoms. The molecule has 0 aliphatic heterocycles. The van der Waals surface area contributed by atoms with Crippen molar-refractivity contribution in [1.29, 1.82) is 0 Å². The zero-order valence-electron chi connectivity index (χ0n) is 14.5. The van der Waals surface area contributed by atoms with Gasteiger partial charge in [0.1, 0.15) is 11.9 Å². The Morgan fingerprint density at radius 1 is 1.22 bits per heavy atom. The number of benzene rings is 2. The Bertz CT molecular complexity index is 847. The Morgan fingerprint density at radius 2 is 1.96 bits per heavy atom. The number of amides is 2. The summed E-state index contributed by atoms with van der Waals surface area (Å²) in [4.78, 5) is 35.2. The van der Waals surface area contributed by atoms with Crippen LogP contribution in [0.15, 0.2) is 48.5 Å². The molecule has 2 aromatic rings. The van der Waals surface area contributed by atoms with Crippen LogP contribution >= 0.6 is 11.8 Å². The monoisotopic (exact) mass is 391 g/mol. The van der Waals surface area contributed by atoms with Gasteiger partial charge >= 0.3 is 0 Å². The summed E-state index contributed by atoms with van der Waals surface area (Å²) in [6, 6.07) is 9.81. The van der Waals surface area contributed by atoms with Gasteiger partial charge in [0.05, 0.1) is 4.92 Å². The van der Waals surface area contributed by atoms with Crippen molar-refractivity contribution in [3.63, 3.8) is 0 Å². The van der Waals surface area contributed by atoms with Crippen molar-refractivity contribution in [2.45, 2.75) is 12.5 Å². The number of hydrogen-bond acceptors (Lipinski definition) is 5. The summed E-state index contributed by atoms with van der Waals surface area (Å²) in [6.45, 7) is 0. The molecule has 7 nitrogen and oxygen atoms in total. The molecular weight excluding hydrogens is 373 g/mol. The first-order chi connectivity index (χ1) is 12.9. The quantitative estimate of drug-likeness (QED) is 0.531. The van der Waals surface area contributed by atoms with Crippen molar-refractivity contribution in [1.82, 2.24) is 5.32 Å². The average molecular weight is 391 g/mol. The first-order valence-corrected chi connectivity index (χ1v) is 9.41. The molecule has 2 N–H and O–H groups in total. The summed E-state index contributed by atoms with van der Waals surface area (Å²) in [5.41, 5.74) is 0.142. The largest absolute Gasteiger partial charge is 0.340 e. The van der Waals surface area contributed by atoms with E-state index in [2.05, 4.69) is 10.6 Å². The highest BCUT2D eigenvalue weighted by atomic mass is 32.2. The van der Waals surface area contributed by atoms with Crippen LogP contribution in [0.1, 0.15) is 16.8 Å². The van der Waals surface area contributed by atoms with Crippen molar-refractivity contribution in [2.75, 3.05) is 17.3 Å². The van der Waals surface area contributed by atoms with E-state index < -0.39 is 28.6 Å². The summed E-state index contributed by atoms with van der Waals surface area (Å²) >= 11 is 1.50. The molecule has 0 radical (unpaired) electrons. The summed E-state index contributed by atoms with van der Waals surface area (Å²) in [7, 11) is 0. The smallest absolute Gasteiger partial charge is 0.270 e. The number of nitro groups is 1. The molecule has 0 fully saturated rings. The Labute approximate surface area is 159 Å². The third-order valence-corrected chi connectivity index (χ3v) is 4.29. The first-order valence-electron chi connectivity index (χ1n) is 8.01. The molecule has 0 aromatic heterocycles. The minimum Gasteiger partial charge on any atom is -0.340 e. The van der Waals surface area contributed by atoms with Crippen LogP contribution in [0.4, 0.5) is 15.8 Å². The fourth-order valence-electron chi connectivity index (χ4n) is 2.30. The molecule has 0 saturated heterocycles. The summed E-state index contributed by atoms with van der Waals surface area (Å²) in [5.74, 6) is -0.974. The van der Waals surface area contributed by atoms with Gasteiger partial charge in [0, 0.05) is 23.4 Å². The highest BCUT2D eigenvalue weighted by Gasteiger charge is 2.22. The van der Waals surface area contributed by atoms with E-state index in [0.29, 0.717) is 12.2 Å². The fourth-order valence-corrected chi connectivity index (χ4v) is 2.77. The van der Waals surface area contributed by atoms with Gasteiger partial charge in [-0.1, -0.05) is 12.1 Å². The van der Waals surface area contributed by atoms with Gasteiger partial charge in [0.2, 0.25) is 5.91 Å². The minimum absolute atomic E-state index is 0.0805. The Kier molecular flexibility index (Phi) is 7.30. The lowest BCUT2D eigenvalue weighted by molar-refractivity contribution is -0.384. The van der Waals surface area contributed by atoms with Gasteiger partial charge in [-0.15, -0.1) is 0 Å². The van der Waals surface area contributed by atoms with Crippen molar-refractivity contribution in [3.05, 3.63) is 70.0 Å². The van der Waals surface area contributed by atoms with E-state index in [9.17, 15) is 24.1 Å². The van der Waals surface area contributed by atoms with Crippen LogP contribution in [0.2, 0.25) is 0 Å². The van der Waals surface area contributed by atoms with Crippen molar-refractivity contribution >= 4 is 35.0 Å². The number of anilines is 1. The van der Waals surface area contributed by atoms with E-state index in [1.807, 2.05) is 6.26 Å². The number of rotatable bonds is 8. The lowest BCUT2D eigenvalue weighted by Crippen LogP contribution is -2.44. The maximum absolute atomic E-state index is 13.3. The number of hydrogen-bond donors (Lipinski definition) is 2. The van der Waals surface area contributed by atoms with E-state index >= 15 is 0 Å². The predicted octanol–water partition coefficient (Wildman–Crippen LogP) is 3.22. The van der Waals surface area contributed by atoms with Gasteiger partial charge in [0.15, 0.2) is 0 Å². The zero-order valence-corrected chi connectivity index (χ0v) is 15.3. The van der Waals surface area contributed by atoms with E-state index in [0.717, 1.165) is 6.07 Å². The maximum Gasteiger partial charge on any atom is 0.270 e. The van der Waals surface area contributed by atoms with Gasteiger partial charge in [-0.2, -0.15) is 11.8 Å². The van der Waals surface area contributed by atoms with Crippen LogP contribution in [-0.4, -0.2) is 34.8 Å². The molecule has 0 aliphatic rings. The average Bonchev–Trinajstić information content (AvgIpc) is 2.65. The molecule has 2 rings (SSSR count). The van der Waals surface area contributed by atoms with Crippen molar-refractivity contribution in [2.24, 2.45) is 0 Å². The van der Waals surface area contributed by atoms with Gasteiger partial charge in [-0.25, -0.2) is 4.39 Å². The third-order valence-electron chi connectivity index (χ3n) is 3.64.